The summed E-state index contributed by atoms with van der Waals surface area (Å²) in [6.07, 6.45) is 0. The predicted octanol–water partition coefficient (Wildman–Crippen LogP) is 1.83. The van der Waals surface area contributed by atoms with Gasteiger partial charge in [0.05, 0.1) is 11.9 Å². The van der Waals surface area contributed by atoms with E-state index in [2.05, 4.69) is 0 Å². The van der Waals surface area contributed by atoms with Gasteiger partial charge in [0, 0.05) is 35.8 Å². The van der Waals surface area contributed by atoms with Crippen LogP contribution in [-0.2, 0) is 14.6 Å². The van der Waals surface area contributed by atoms with E-state index in [9.17, 15) is 8.42 Å². The molecule has 0 aliphatic heterocycles. The van der Waals surface area contributed by atoms with Gasteiger partial charge >= 0.3 is 0 Å². The number of sulfone groups is 1. The minimum Gasteiger partial charge on any atom is -0.384 e. The van der Waals surface area contributed by atoms with Crippen LogP contribution in [-0.4, -0.2) is 39.7 Å². The second-order valence-corrected chi connectivity index (χ2v) is 8.12. The number of nitrogens with two attached hydrogens (primary N) is 1. The lowest BCUT2D eigenvalue weighted by Crippen LogP contribution is -2.28. The van der Waals surface area contributed by atoms with Gasteiger partial charge in [-0.3, -0.25) is 0 Å². The number of methoxy groups -OCH3 is 1. The highest BCUT2D eigenvalue weighted by Gasteiger charge is 2.69. The molecule has 1 aromatic rings. The third-order valence-corrected chi connectivity index (χ3v) is 6.76. The lowest BCUT2D eigenvalue weighted by molar-refractivity contribution is 0.142. The molecular formula is C14H20ClNO3S. The first-order chi connectivity index (χ1) is 9.43. The molecular weight excluding hydrogens is 298 g/mol. The Bertz CT molecular complexity index is 573. The average molecular weight is 318 g/mol. The molecule has 2 rings (SSSR count). The van der Waals surface area contributed by atoms with Gasteiger partial charge in [-0.1, -0.05) is 30.7 Å². The molecule has 0 unspecified atom stereocenters. The second kappa shape index (κ2) is 5.64. The number of ether oxygens (including phenoxy) is 1. The third-order valence-electron chi connectivity index (χ3n) is 4.19. The number of benzene rings is 1. The Kier molecular flexibility index (Phi) is 4.44. The maximum atomic E-state index is 12.3. The molecule has 0 bridgehead atoms. The molecule has 1 fully saturated rings. The van der Waals surface area contributed by atoms with E-state index in [0.29, 0.717) is 11.6 Å². The molecule has 0 amide bonds. The van der Waals surface area contributed by atoms with Crippen LogP contribution in [0.4, 0.5) is 0 Å². The number of hydrogen-bond acceptors (Lipinski definition) is 4. The molecule has 0 saturated heterocycles. The lowest BCUT2D eigenvalue weighted by atomic mass is 10.0. The minimum absolute atomic E-state index is 0.116. The quantitative estimate of drug-likeness (QED) is 0.869. The van der Waals surface area contributed by atoms with E-state index in [-0.39, 0.29) is 18.2 Å². The summed E-state index contributed by atoms with van der Waals surface area (Å²) >= 11 is 5.89. The van der Waals surface area contributed by atoms with Gasteiger partial charge in [-0.05, 0) is 17.7 Å². The highest BCUT2D eigenvalue weighted by Crippen LogP contribution is 2.62. The van der Waals surface area contributed by atoms with E-state index in [1.807, 2.05) is 12.1 Å². The van der Waals surface area contributed by atoms with Crippen molar-refractivity contribution in [3.63, 3.8) is 0 Å². The first-order valence-electron chi connectivity index (χ1n) is 6.59. The molecule has 4 nitrogen and oxygen atoms in total. The van der Waals surface area contributed by atoms with Crippen LogP contribution in [0.15, 0.2) is 24.3 Å². The predicted molar refractivity (Wildman–Crippen MR) is 80.8 cm³/mol. The average Bonchev–Trinajstić information content (AvgIpc) is 3.10. The minimum atomic E-state index is -3.17. The maximum Gasteiger partial charge on any atom is 0.154 e. The van der Waals surface area contributed by atoms with Crippen LogP contribution in [0.5, 0.6) is 0 Å². The van der Waals surface area contributed by atoms with Crippen molar-refractivity contribution in [3.05, 3.63) is 34.9 Å². The van der Waals surface area contributed by atoms with Crippen molar-refractivity contribution in [2.45, 2.75) is 18.1 Å². The van der Waals surface area contributed by atoms with Crippen LogP contribution in [0.3, 0.4) is 0 Å². The van der Waals surface area contributed by atoms with Gasteiger partial charge in [-0.15, -0.1) is 0 Å². The molecule has 1 saturated carbocycles. The van der Waals surface area contributed by atoms with Gasteiger partial charge in [-0.2, -0.15) is 0 Å². The van der Waals surface area contributed by atoms with Crippen LogP contribution in [0, 0.1) is 5.41 Å². The first-order valence-corrected chi connectivity index (χ1v) is 8.68. The summed E-state index contributed by atoms with van der Waals surface area (Å²) in [5, 5.41) is 0.167. The van der Waals surface area contributed by atoms with Crippen molar-refractivity contribution < 1.29 is 13.2 Å². The zero-order chi connectivity index (χ0) is 15.0. The van der Waals surface area contributed by atoms with Gasteiger partial charge in [0.1, 0.15) is 0 Å². The normalized spacial score (nSPS) is 29.4. The number of hydrogen-bond donors (Lipinski definition) is 1. The Hall–Kier alpha value is -0.620. The summed E-state index contributed by atoms with van der Waals surface area (Å²) in [4.78, 5) is 0. The number of halogens is 1. The SMILES string of the molecule is CCS(=O)(=O)[C@@H]1[C@@H](c2ccc(Cl)cc2)[C@]1(CN)COC. The summed E-state index contributed by atoms with van der Waals surface area (Å²) in [7, 11) is -1.59. The molecule has 112 valence electrons. The van der Waals surface area contributed by atoms with Crippen molar-refractivity contribution in [1.29, 1.82) is 0 Å². The maximum absolute atomic E-state index is 12.3. The van der Waals surface area contributed by atoms with Gasteiger partial charge in [0.2, 0.25) is 0 Å². The zero-order valence-electron chi connectivity index (χ0n) is 11.7. The van der Waals surface area contributed by atoms with Gasteiger partial charge in [-0.25, -0.2) is 8.42 Å². The van der Waals surface area contributed by atoms with E-state index in [1.165, 1.54) is 0 Å². The van der Waals surface area contributed by atoms with Crippen LogP contribution in [0.1, 0.15) is 18.4 Å². The molecule has 0 heterocycles. The van der Waals surface area contributed by atoms with Gasteiger partial charge in [0.15, 0.2) is 9.84 Å². The van der Waals surface area contributed by atoms with Crippen molar-refractivity contribution in [2.75, 3.05) is 26.0 Å². The zero-order valence-corrected chi connectivity index (χ0v) is 13.2. The summed E-state index contributed by atoms with van der Waals surface area (Å²) in [6.45, 7) is 2.30. The molecule has 0 radical (unpaired) electrons. The second-order valence-electron chi connectivity index (χ2n) is 5.27. The fourth-order valence-corrected chi connectivity index (χ4v) is 5.39. The molecule has 0 aromatic heterocycles. The monoisotopic (exact) mass is 317 g/mol. The molecule has 3 atom stereocenters. The number of rotatable bonds is 6. The lowest BCUT2D eigenvalue weighted by Gasteiger charge is -2.14. The standard InChI is InChI=1S/C14H20ClNO3S/c1-3-20(17,18)13-12(14(13,8-16)9-19-2)10-4-6-11(15)7-5-10/h4-7,12-13H,3,8-9,16H2,1-2H3/t12-,13-,14+/m1/s1. The van der Waals surface area contributed by atoms with E-state index in [1.54, 1.807) is 26.2 Å². The van der Waals surface area contributed by atoms with E-state index in [0.717, 1.165) is 5.56 Å². The Morgan fingerprint density at radius 3 is 2.40 bits per heavy atom. The summed E-state index contributed by atoms with van der Waals surface area (Å²) in [6, 6.07) is 7.30. The summed E-state index contributed by atoms with van der Waals surface area (Å²) < 4.78 is 29.9. The highest BCUT2D eigenvalue weighted by molar-refractivity contribution is 7.92. The molecule has 20 heavy (non-hydrogen) atoms. The fraction of sp³-hybridized carbons (Fsp3) is 0.571. The Morgan fingerprint density at radius 1 is 1.35 bits per heavy atom. The Morgan fingerprint density at radius 2 is 1.95 bits per heavy atom. The van der Waals surface area contributed by atoms with Gasteiger partial charge < -0.3 is 10.5 Å². The molecule has 1 aliphatic carbocycles. The van der Waals surface area contributed by atoms with Crippen LogP contribution >= 0.6 is 11.6 Å². The molecule has 6 heteroatoms. The van der Waals surface area contributed by atoms with E-state index < -0.39 is 20.5 Å². The Labute approximate surface area is 125 Å². The Balaban J connectivity index is 2.42. The van der Waals surface area contributed by atoms with Crippen LogP contribution < -0.4 is 5.73 Å². The fourth-order valence-electron chi connectivity index (χ4n) is 3.12. The first kappa shape index (κ1) is 15.8. The van der Waals surface area contributed by atoms with Gasteiger partial charge in [0.25, 0.3) is 0 Å². The highest BCUT2D eigenvalue weighted by atomic mass is 35.5. The molecule has 0 spiro atoms. The van der Waals surface area contributed by atoms with Crippen molar-refractivity contribution >= 4 is 21.4 Å². The summed E-state index contributed by atoms with van der Waals surface area (Å²) in [5.74, 6) is 0.00223. The third kappa shape index (κ3) is 2.48. The van der Waals surface area contributed by atoms with Crippen molar-refractivity contribution in [3.8, 4) is 0 Å². The van der Waals surface area contributed by atoms with Crippen LogP contribution in [0.2, 0.25) is 5.02 Å². The van der Waals surface area contributed by atoms with Crippen molar-refractivity contribution in [1.82, 2.24) is 0 Å². The van der Waals surface area contributed by atoms with Crippen molar-refractivity contribution in [2.24, 2.45) is 11.1 Å². The van der Waals surface area contributed by atoms with Crippen LogP contribution in [0.25, 0.3) is 0 Å². The smallest absolute Gasteiger partial charge is 0.154 e. The largest absolute Gasteiger partial charge is 0.384 e. The van der Waals surface area contributed by atoms with E-state index >= 15 is 0 Å². The summed E-state index contributed by atoms with van der Waals surface area (Å²) in [5.41, 5.74) is 6.32. The molecule has 2 N–H and O–H groups in total. The topological polar surface area (TPSA) is 69.4 Å². The molecule has 1 aliphatic rings. The molecule has 1 aromatic carbocycles. The van der Waals surface area contributed by atoms with E-state index in [4.69, 9.17) is 22.1 Å².